The first-order valence-electron chi connectivity index (χ1n) is 6.09. The van der Waals surface area contributed by atoms with E-state index in [4.69, 9.17) is 26.3 Å². The Morgan fingerprint density at radius 3 is 2.81 bits per heavy atom. The Morgan fingerprint density at radius 1 is 1.48 bits per heavy atom. The highest BCUT2D eigenvalue weighted by Crippen LogP contribution is 2.27. The molecule has 0 aliphatic carbocycles. The van der Waals surface area contributed by atoms with E-state index in [0.717, 1.165) is 0 Å². The van der Waals surface area contributed by atoms with Gasteiger partial charge < -0.3 is 20.1 Å². The van der Waals surface area contributed by atoms with Crippen molar-refractivity contribution in [1.29, 1.82) is 5.26 Å². The third-order valence-electron chi connectivity index (χ3n) is 2.49. The SMILES string of the molecule is COCCNC(=O)/C(C#N)=C\Nc1ccc(OC)c(Cl)c1. The normalized spacial score (nSPS) is 10.7. The molecule has 0 fully saturated rings. The molecule has 0 spiro atoms. The number of rotatable bonds is 7. The van der Waals surface area contributed by atoms with Crippen molar-refractivity contribution >= 4 is 23.2 Å². The zero-order chi connectivity index (χ0) is 15.7. The number of carbonyl (C=O) groups is 1. The molecule has 6 nitrogen and oxygen atoms in total. The molecule has 1 rings (SSSR count). The topological polar surface area (TPSA) is 83.4 Å². The van der Waals surface area contributed by atoms with E-state index >= 15 is 0 Å². The number of nitrogens with one attached hydrogen (secondary N) is 2. The Bertz CT molecular complexity index is 567. The summed E-state index contributed by atoms with van der Waals surface area (Å²) >= 11 is 5.98. The van der Waals surface area contributed by atoms with Crippen molar-refractivity contribution < 1.29 is 14.3 Å². The fourth-order valence-electron chi connectivity index (χ4n) is 1.42. The van der Waals surface area contributed by atoms with Gasteiger partial charge in [0.15, 0.2) is 0 Å². The maximum atomic E-state index is 11.7. The Balaban J connectivity index is 2.70. The molecule has 0 saturated carbocycles. The average molecular weight is 310 g/mol. The van der Waals surface area contributed by atoms with Crippen molar-refractivity contribution in [2.24, 2.45) is 0 Å². The van der Waals surface area contributed by atoms with Crippen LogP contribution in [0.4, 0.5) is 5.69 Å². The molecule has 21 heavy (non-hydrogen) atoms. The van der Waals surface area contributed by atoms with E-state index in [0.29, 0.717) is 29.6 Å². The maximum absolute atomic E-state index is 11.7. The van der Waals surface area contributed by atoms with E-state index in [1.165, 1.54) is 20.4 Å². The minimum atomic E-state index is -0.471. The number of hydrogen-bond acceptors (Lipinski definition) is 5. The van der Waals surface area contributed by atoms with Crippen LogP contribution in [0.1, 0.15) is 0 Å². The second kappa shape index (κ2) is 8.84. The van der Waals surface area contributed by atoms with Crippen LogP contribution in [0, 0.1) is 11.3 Å². The van der Waals surface area contributed by atoms with E-state index in [9.17, 15) is 4.79 Å². The van der Waals surface area contributed by atoms with Gasteiger partial charge in [0.05, 0.1) is 18.7 Å². The van der Waals surface area contributed by atoms with Gasteiger partial charge >= 0.3 is 0 Å². The highest BCUT2D eigenvalue weighted by atomic mass is 35.5. The number of carbonyl (C=O) groups excluding carboxylic acids is 1. The van der Waals surface area contributed by atoms with Crippen molar-refractivity contribution in [3.8, 4) is 11.8 Å². The Labute approximate surface area is 128 Å². The van der Waals surface area contributed by atoms with Crippen LogP contribution >= 0.6 is 11.6 Å². The minimum absolute atomic E-state index is 0.0435. The van der Waals surface area contributed by atoms with E-state index in [2.05, 4.69) is 10.6 Å². The summed E-state index contributed by atoms with van der Waals surface area (Å²) in [5.74, 6) is 0.0747. The van der Waals surface area contributed by atoms with Gasteiger partial charge in [0.2, 0.25) is 0 Å². The van der Waals surface area contributed by atoms with Crippen molar-refractivity contribution in [3.05, 3.63) is 35.0 Å². The van der Waals surface area contributed by atoms with Gasteiger partial charge in [-0.05, 0) is 18.2 Å². The van der Waals surface area contributed by atoms with Gasteiger partial charge in [0.25, 0.3) is 5.91 Å². The second-order valence-electron chi connectivity index (χ2n) is 3.91. The van der Waals surface area contributed by atoms with Crippen molar-refractivity contribution in [2.45, 2.75) is 0 Å². The number of hydrogen-bond donors (Lipinski definition) is 2. The van der Waals surface area contributed by atoms with Gasteiger partial charge in [-0.3, -0.25) is 4.79 Å². The number of halogens is 1. The summed E-state index contributed by atoms with van der Waals surface area (Å²) in [5, 5.41) is 14.8. The molecule has 0 atom stereocenters. The highest BCUT2D eigenvalue weighted by Gasteiger charge is 2.08. The van der Waals surface area contributed by atoms with E-state index < -0.39 is 5.91 Å². The zero-order valence-electron chi connectivity index (χ0n) is 11.8. The smallest absolute Gasteiger partial charge is 0.263 e. The summed E-state index contributed by atoms with van der Waals surface area (Å²) in [6.45, 7) is 0.717. The number of amides is 1. The molecule has 7 heteroatoms. The molecule has 2 N–H and O–H groups in total. The predicted molar refractivity (Wildman–Crippen MR) is 80.2 cm³/mol. The number of nitrogens with zero attached hydrogens (tertiary/aromatic N) is 1. The van der Waals surface area contributed by atoms with Crippen LogP contribution in [0.2, 0.25) is 5.02 Å². The molecule has 0 aliphatic rings. The van der Waals surface area contributed by atoms with Crippen molar-refractivity contribution in [1.82, 2.24) is 5.32 Å². The fraction of sp³-hybridized carbons (Fsp3) is 0.286. The Kier molecular flexibility index (Phi) is 7.09. The lowest BCUT2D eigenvalue weighted by Crippen LogP contribution is -2.28. The summed E-state index contributed by atoms with van der Waals surface area (Å²) in [4.78, 5) is 11.7. The van der Waals surface area contributed by atoms with Crippen LogP contribution in [0.5, 0.6) is 5.75 Å². The third kappa shape index (κ3) is 5.34. The number of methoxy groups -OCH3 is 2. The molecule has 1 aromatic rings. The monoisotopic (exact) mass is 309 g/mol. The van der Waals surface area contributed by atoms with Gasteiger partial charge in [0.1, 0.15) is 17.4 Å². The Morgan fingerprint density at radius 2 is 2.24 bits per heavy atom. The van der Waals surface area contributed by atoms with Gasteiger partial charge in [0, 0.05) is 25.5 Å². The van der Waals surface area contributed by atoms with E-state index in [-0.39, 0.29) is 5.57 Å². The molecule has 0 radical (unpaired) electrons. The molecule has 0 unspecified atom stereocenters. The number of nitriles is 1. The largest absolute Gasteiger partial charge is 0.495 e. The quantitative estimate of drug-likeness (QED) is 0.457. The second-order valence-corrected chi connectivity index (χ2v) is 4.32. The summed E-state index contributed by atoms with van der Waals surface area (Å²) in [5.41, 5.74) is 0.594. The predicted octanol–water partition coefficient (Wildman–Crippen LogP) is 1.93. The zero-order valence-corrected chi connectivity index (χ0v) is 12.5. The van der Waals surface area contributed by atoms with Crippen LogP contribution in [-0.2, 0) is 9.53 Å². The number of ether oxygens (including phenoxy) is 2. The van der Waals surface area contributed by atoms with E-state index in [1.807, 2.05) is 6.07 Å². The molecule has 0 saturated heterocycles. The summed E-state index contributed by atoms with van der Waals surface area (Å²) in [6.07, 6.45) is 1.32. The van der Waals surface area contributed by atoms with Crippen LogP contribution < -0.4 is 15.4 Å². The van der Waals surface area contributed by atoms with Gasteiger partial charge in [-0.1, -0.05) is 11.6 Å². The molecular weight excluding hydrogens is 294 g/mol. The molecule has 112 valence electrons. The van der Waals surface area contributed by atoms with E-state index in [1.54, 1.807) is 18.2 Å². The molecule has 0 bridgehead atoms. The minimum Gasteiger partial charge on any atom is -0.495 e. The van der Waals surface area contributed by atoms with Crippen molar-refractivity contribution in [3.63, 3.8) is 0 Å². The van der Waals surface area contributed by atoms with Gasteiger partial charge in [-0.25, -0.2) is 0 Å². The van der Waals surface area contributed by atoms with Gasteiger partial charge in [-0.15, -0.1) is 0 Å². The summed E-state index contributed by atoms with van der Waals surface area (Å²) < 4.78 is 9.85. The molecule has 1 amide bonds. The van der Waals surface area contributed by atoms with Crippen LogP contribution in [0.15, 0.2) is 30.0 Å². The van der Waals surface area contributed by atoms with Crippen LogP contribution in [0.25, 0.3) is 0 Å². The lowest BCUT2D eigenvalue weighted by molar-refractivity contribution is -0.117. The number of anilines is 1. The lowest BCUT2D eigenvalue weighted by atomic mass is 10.2. The highest BCUT2D eigenvalue weighted by molar-refractivity contribution is 6.32. The summed E-state index contributed by atoms with van der Waals surface area (Å²) in [6, 6.07) is 6.86. The lowest BCUT2D eigenvalue weighted by Gasteiger charge is -2.07. The molecule has 0 aliphatic heterocycles. The standard InChI is InChI=1S/C14H16ClN3O3/c1-20-6-5-17-14(19)10(8-16)9-18-11-3-4-13(21-2)12(15)7-11/h3-4,7,9,18H,5-6H2,1-2H3,(H,17,19)/b10-9-. The average Bonchev–Trinajstić information content (AvgIpc) is 2.48. The first-order chi connectivity index (χ1) is 10.1. The van der Waals surface area contributed by atoms with Crippen LogP contribution in [-0.4, -0.2) is 33.3 Å². The van der Waals surface area contributed by atoms with Crippen LogP contribution in [0.3, 0.4) is 0 Å². The first kappa shape index (κ1) is 16.8. The third-order valence-corrected chi connectivity index (χ3v) is 2.79. The first-order valence-corrected chi connectivity index (χ1v) is 6.47. The van der Waals surface area contributed by atoms with Gasteiger partial charge in [-0.2, -0.15) is 5.26 Å². The fourth-order valence-corrected chi connectivity index (χ4v) is 1.68. The molecular formula is C14H16ClN3O3. The number of benzene rings is 1. The Hall–Kier alpha value is -2.23. The van der Waals surface area contributed by atoms with Crippen molar-refractivity contribution in [2.75, 3.05) is 32.7 Å². The molecule has 0 aromatic heterocycles. The molecule has 0 heterocycles. The maximum Gasteiger partial charge on any atom is 0.263 e. The summed E-state index contributed by atoms with van der Waals surface area (Å²) in [7, 11) is 3.05. The molecule has 1 aromatic carbocycles.